The lowest BCUT2D eigenvalue weighted by atomic mass is 9.55. The molecule has 0 aromatic rings. The zero-order chi connectivity index (χ0) is 16.9. The van der Waals surface area contributed by atoms with E-state index in [1.165, 1.54) is 50.8 Å². The summed E-state index contributed by atoms with van der Waals surface area (Å²) in [6, 6.07) is 0. The van der Waals surface area contributed by atoms with Crippen LogP contribution in [0.2, 0.25) is 0 Å². The molecule has 1 unspecified atom stereocenters. The van der Waals surface area contributed by atoms with Crippen molar-refractivity contribution in [1.29, 1.82) is 0 Å². The molecule has 2 saturated heterocycles. The summed E-state index contributed by atoms with van der Waals surface area (Å²) in [5, 5.41) is 0. The van der Waals surface area contributed by atoms with E-state index in [1.807, 2.05) is 0 Å². The Labute approximate surface area is 146 Å². The highest BCUT2D eigenvalue weighted by molar-refractivity contribution is 5.75. The van der Waals surface area contributed by atoms with Gasteiger partial charge in [-0.3, -0.25) is 4.79 Å². The second-order valence-corrected chi connectivity index (χ2v) is 9.56. The molecule has 0 bridgehead atoms. The van der Waals surface area contributed by atoms with Crippen LogP contribution in [-0.4, -0.2) is 31.7 Å². The molecule has 134 valence electrons. The smallest absolute Gasteiger partial charge is 0.315 e. The lowest BCUT2D eigenvalue weighted by molar-refractivity contribution is -0.911. The average molecular weight is 333 g/mol. The third-order valence-electron chi connectivity index (χ3n) is 7.69. The van der Waals surface area contributed by atoms with E-state index in [4.69, 9.17) is 4.74 Å². The predicted molar refractivity (Wildman–Crippen MR) is 94.6 cm³/mol. The summed E-state index contributed by atoms with van der Waals surface area (Å²) in [7, 11) is 0. The summed E-state index contributed by atoms with van der Waals surface area (Å²) in [6.45, 7) is 12.6. The minimum absolute atomic E-state index is 0.101. The number of rotatable bonds is 2. The van der Waals surface area contributed by atoms with Crippen molar-refractivity contribution in [2.45, 2.75) is 64.9 Å². The number of hydrogen-bond donors (Lipinski definition) is 1. The van der Waals surface area contributed by atoms with E-state index in [1.54, 1.807) is 4.90 Å². The number of hydrogen-bond acceptors (Lipinski definition) is 2. The Balaban J connectivity index is 1.49. The van der Waals surface area contributed by atoms with Crippen LogP contribution in [0.1, 0.15) is 58.8 Å². The molecule has 0 radical (unpaired) electrons. The Hall–Kier alpha value is -0.830. The van der Waals surface area contributed by atoms with E-state index >= 15 is 0 Å². The molecule has 7 atom stereocenters. The molecular weight excluding hydrogens is 298 g/mol. The van der Waals surface area contributed by atoms with Crippen LogP contribution < -0.4 is 4.90 Å². The van der Waals surface area contributed by atoms with Gasteiger partial charge in [0.25, 0.3) is 0 Å². The van der Waals surface area contributed by atoms with Crippen molar-refractivity contribution in [3.8, 4) is 0 Å². The molecule has 2 heterocycles. The minimum Gasteiger partial charge on any atom is -0.462 e. The third kappa shape index (κ3) is 2.83. The van der Waals surface area contributed by atoms with Crippen LogP contribution in [0.5, 0.6) is 0 Å². The number of allylic oxidation sites excluding steroid dienone is 1. The zero-order valence-electron chi connectivity index (χ0n) is 15.5. The van der Waals surface area contributed by atoms with Gasteiger partial charge in [-0.1, -0.05) is 26.0 Å². The van der Waals surface area contributed by atoms with Gasteiger partial charge in [0.15, 0.2) is 0 Å². The Kier molecular flexibility index (Phi) is 4.27. The summed E-state index contributed by atoms with van der Waals surface area (Å²) >= 11 is 0. The number of esters is 1. The van der Waals surface area contributed by atoms with Gasteiger partial charge in [0.2, 0.25) is 0 Å². The quantitative estimate of drug-likeness (QED) is 0.622. The molecule has 2 aliphatic heterocycles. The molecule has 0 aromatic carbocycles. The molecule has 1 N–H and O–H groups in total. The van der Waals surface area contributed by atoms with Gasteiger partial charge in [-0.2, -0.15) is 0 Å². The topological polar surface area (TPSA) is 30.7 Å². The van der Waals surface area contributed by atoms with Crippen LogP contribution in [0.15, 0.2) is 12.2 Å². The summed E-state index contributed by atoms with van der Waals surface area (Å²) in [4.78, 5) is 14.3. The van der Waals surface area contributed by atoms with Crippen LogP contribution in [0, 0.1) is 29.1 Å². The maximum Gasteiger partial charge on any atom is 0.315 e. The molecule has 0 aromatic heterocycles. The fourth-order valence-corrected chi connectivity index (χ4v) is 6.38. The summed E-state index contributed by atoms with van der Waals surface area (Å²) < 4.78 is 5.91. The van der Waals surface area contributed by atoms with Crippen LogP contribution >= 0.6 is 0 Å². The maximum absolute atomic E-state index is 12.6. The standard InChI is InChI=1S/C21H33NO2/c1-14-6-5-9-22(12-14)13-17-16-10-18-15(2)7-4-8-21(18,3)11-19(16)24-20(17)23/h14,16-19H,2,4-13H2,1,3H3/p+1/t14-,16-,17-,18+,19-,21-/m1/s1. The molecule has 24 heavy (non-hydrogen) atoms. The summed E-state index contributed by atoms with van der Waals surface area (Å²) in [5.41, 5.74) is 1.76. The zero-order valence-corrected chi connectivity index (χ0v) is 15.5. The first-order chi connectivity index (χ1) is 11.5. The fourth-order valence-electron chi connectivity index (χ4n) is 6.38. The van der Waals surface area contributed by atoms with Crippen molar-refractivity contribution in [1.82, 2.24) is 0 Å². The highest BCUT2D eigenvalue weighted by Crippen LogP contribution is 2.56. The Morgan fingerprint density at radius 3 is 3.00 bits per heavy atom. The molecular formula is C21H34NO2+. The number of nitrogens with one attached hydrogen (secondary N) is 1. The molecule has 3 nitrogen and oxygen atoms in total. The van der Waals surface area contributed by atoms with E-state index < -0.39 is 0 Å². The monoisotopic (exact) mass is 332 g/mol. The molecule has 0 spiro atoms. The van der Waals surface area contributed by atoms with Crippen molar-refractivity contribution in [2.24, 2.45) is 29.1 Å². The Morgan fingerprint density at radius 2 is 2.21 bits per heavy atom. The van der Waals surface area contributed by atoms with E-state index in [-0.39, 0.29) is 18.0 Å². The van der Waals surface area contributed by atoms with Gasteiger partial charge in [-0.25, -0.2) is 0 Å². The lowest BCUT2D eigenvalue weighted by Crippen LogP contribution is -3.14. The van der Waals surface area contributed by atoms with E-state index in [2.05, 4.69) is 20.4 Å². The van der Waals surface area contributed by atoms with Crippen molar-refractivity contribution >= 4 is 5.97 Å². The van der Waals surface area contributed by atoms with Crippen LogP contribution in [0.3, 0.4) is 0 Å². The fraction of sp³-hybridized carbons (Fsp3) is 0.857. The van der Waals surface area contributed by atoms with Crippen molar-refractivity contribution < 1.29 is 14.4 Å². The van der Waals surface area contributed by atoms with E-state index in [0.717, 1.165) is 25.3 Å². The highest BCUT2D eigenvalue weighted by Gasteiger charge is 2.56. The number of fused-ring (bicyclic) bond motifs is 2. The average Bonchev–Trinajstić information content (AvgIpc) is 2.80. The van der Waals surface area contributed by atoms with Gasteiger partial charge < -0.3 is 9.64 Å². The number of carbonyl (C=O) groups is 1. The molecule has 4 aliphatic rings. The predicted octanol–water partition coefficient (Wildman–Crippen LogP) is 2.62. The first-order valence-corrected chi connectivity index (χ1v) is 10.2. The number of piperidine rings is 1. The first-order valence-electron chi connectivity index (χ1n) is 10.2. The van der Waals surface area contributed by atoms with Crippen molar-refractivity contribution in [3.05, 3.63) is 12.2 Å². The van der Waals surface area contributed by atoms with Gasteiger partial charge in [-0.15, -0.1) is 0 Å². The normalized spacial score (nSPS) is 48.6. The van der Waals surface area contributed by atoms with Crippen LogP contribution in [0.25, 0.3) is 0 Å². The number of likely N-dealkylation sites (tertiary alicyclic amines) is 1. The van der Waals surface area contributed by atoms with Crippen LogP contribution in [0.4, 0.5) is 0 Å². The second-order valence-electron chi connectivity index (χ2n) is 9.56. The van der Waals surface area contributed by atoms with Crippen molar-refractivity contribution in [3.63, 3.8) is 0 Å². The van der Waals surface area contributed by atoms with Gasteiger partial charge in [0.05, 0.1) is 19.6 Å². The summed E-state index contributed by atoms with van der Waals surface area (Å²) in [5.74, 6) is 2.09. The summed E-state index contributed by atoms with van der Waals surface area (Å²) in [6.07, 6.45) is 8.76. The molecule has 4 fully saturated rings. The Morgan fingerprint density at radius 1 is 1.38 bits per heavy atom. The molecule has 2 aliphatic carbocycles. The molecule has 0 amide bonds. The molecule has 3 heteroatoms. The number of carbonyl (C=O) groups excluding carboxylic acids is 1. The number of ether oxygens (including phenoxy) is 1. The SMILES string of the molecule is C=C1CCC[C@]2(C)C[C@H]3OC(=O)[C@H](C[NH+]4CCC[C@@H](C)C4)[C@H]3C[C@@H]12. The Bertz CT molecular complexity index is 530. The molecule has 2 saturated carbocycles. The maximum atomic E-state index is 12.6. The number of quaternary nitrogens is 1. The van der Waals surface area contributed by atoms with Gasteiger partial charge in [0.1, 0.15) is 12.0 Å². The van der Waals surface area contributed by atoms with E-state index in [9.17, 15) is 4.79 Å². The minimum atomic E-state index is 0.101. The van der Waals surface area contributed by atoms with E-state index in [0.29, 0.717) is 17.3 Å². The second kappa shape index (κ2) is 6.16. The van der Waals surface area contributed by atoms with Crippen molar-refractivity contribution in [2.75, 3.05) is 19.6 Å². The third-order valence-corrected chi connectivity index (χ3v) is 7.69. The van der Waals surface area contributed by atoms with Crippen LogP contribution in [-0.2, 0) is 9.53 Å². The largest absolute Gasteiger partial charge is 0.462 e. The molecule has 4 rings (SSSR count). The van der Waals surface area contributed by atoms with Gasteiger partial charge in [-0.05, 0) is 56.3 Å². The highest BCUT2D eigenvalue weighted by atomic mass is 16.6. The first kappa shape index (κ1) is 16.6. The lowest BCUT2D eigenvalue weighted by Gasteiger charge is -2.50. The van der Waals surface area contributed by atoms with Gasteiger partial charge >= 0.3 is 5.97 Å². The van der Waals surface area contributed by atoms with Gasteiger partial charge in [0, 0.05) is 11.8 Å².